The first kappa shape index (κ1) is 14.9. The van der Waals surface area contributed by atoms with Crippen molar-refractivity contribution >= 4 is 0 Å². The predicted octanol–water partition coefficient (Wildman–Crippen LogP) is 3.26. The van der Waals surface area contributed by atoms with E-state index in [1.807, 2.05) is 0 Å². The Morgan fingerprint density at radius 3 is 2.95 bits per heavy atom. The molecule has 21 heavy (non-hydrogen) atoms. The van der Waals surface area contributed by atoms with E-state index in [2.05, 4.69) is 32.0 Å². The highest BCUT2D eigenvalue weighted by molar-refractivity contribution is 5.39. The number of hydrogen-bond donors (Lipinski definition) is 1. The maximum atomic E-state index is 10.9. The Hall–Kier alpha value is -1.06. The lowest BCUT2D eigenvalue weighted by Crippen LogP contribution is -2.47. The number of rotatable bonds is 4. The molecule has 1 N–H and O–H groups in total. The van der Waals surface area contributed by atoms with E-state index in [4.69, 9.17) is 9.47 Å². The van der Waals surface area contributed by atoms with E-state index in [-0.39, 0.29) is 5.60 Å². The first-order valence-electron chi connectivity index (χ1n) is 8.13. The van der Waals surface area contributed by atoms with E-state index in [0.717, 1.165) is 50.9 Å². The van der Waals surface area contributed by atoms with Crippen molar-refractivity contribution in [2.24, 2.45) is 0 Å². The normalized spacial score (nSPS) is 31.8. The highest BCUT2D eigenvalue weighted by Crippen LogP contribution is 2.37. The maximum absolute atomic E-state index is 10.9. The molecule has 0 radical (unpaired) electrons. The Morgan fingerprint density at radius 2 is 2.14 bits per heavy atom. The first-order valence-corrected chi connectivity index (χ1v) is 8.13. The summed E-state index contributed by atoms with van der Waals surface area (Å²) in [4.78, 5) is 0. The Morgan fingerprint density at radius 1 is 1.29 bits per heavy atom. The molecule has 2 heterocycles. The van der Waals surface area contributed by atoms with Crippen LogP contribution in [0, 0.1) is 0 Å². The van der Waals surface area contributed by atoms with Crippen molar-refractivity contribution in [1.29, 1.82) is 0 Å². The fourth-order valence-electron chi connectivity index (χ4n) is 3.54. The van der Waals surface area contributed by atoms with Crippen molar-refractivity contribution in [2.75, 3.05) is 13.2 Å². The Bertz CT molecular complexity index is 513. The van der Waals surface area contributed by atoms with Crippen LogP contribution in [0.4, 0.5) is 0 Å². The summed E-state index contributed by atoms with van der Waals surface area (Å²) >= 11 is 0. The first-order chi connectivity index (χ1) is 10.0. The molecule has 2 unspecified atom stereocenters. The van der Waals surface area contributed by atoms with E-state index in [9.17, 15) is 5.11 Å². The van der Waals surface area contributed by atoms with Crippen molar-refractivity contribution in [3.05, 3.63) is 29.3 Å². The Balaban J connectivity index is 1.64. The van der Waals surface area contributed by atoms with Gasteiger partial charge in [-0.25, -0.2) is 0 Å². The second-order valence-corrected chi connectivity index (χ2v) is 6.84. The fourth-order valence-corrected chi connectivity index (χ4v) is 3.54. The zero-order chi connectivity index (χ0) is 14.9. The SMILES string of the molecule is CCC1(C)CC(O)(CCc2ccc3c(c2)CCO3)CCO1. The van der Waals surface area contributed by atoms with Crippen LogP contribution < -0.4 is 4.74 Å². The van der Waals surface area contributed by atoms with E-state index >= 15 is 0 Å². The van der Waals surface area contributed by atoms with Gasteiger partial charge in [-0.05, 0) is 49.8 Å². The summed E-state index contributed by atoms with van der Waals surface area (Å²) in [6.07, 6.45) is 5.18. The van der Waals surface area contributed by atoms with Gasteiger partial charge in [-0.15, -0.1) is 0 Å². The number of aryl methyl sites for hydroxylation is 1. The van der Waals surface area contributed by atoms with Gasteiger partial charge in [-0.2, -0.15) is 0 Å². The summed E-state index contributed by atoms with van der Waals surface area (Å²) in [5.41, 5.74) is 1.86. The summed E-state index contributed by atoms with van der Waals surface area (Å²) in [5, 5.41) is 10.9. The lowest BCUT2D eigenvalue weighted by molar-refractivity contribution is -0.155. The second-order valence-electron chi connectivity index (χ2n) is 6.84. The topological polar surface area (TPSA) is 38.7 Å². The van der Waals surface area contributed by atoms with Crippen molar-refractivity contribution < 1.29 is 14.6 Å². The second kappa shape index (κ2) is 5.62. The molecule has 3 heteroatoms. The monoisotopic (exact) mass is 290 g/mol. The van der Waals surface area contributed by atoms with Crippen LogP contribution in [-0.2, 0) is 17.6 Å². The molecular weight excluding hydrogens is 264 g/mol. The van der Waals surface area contributed by atoms with Gasteiger partial charge < -0.3 is 14.6 Å². The largest absolute Gasteiger partial charge is 0.493 e. The standard InChI is InChI=1S/C18H26O3/c1-3-17(2)13-18(19,9-11-21-17)8-6-14-4-5-16-15(12-14)7-10-20-16/h4-5,12,19H,3,6-11,13H2,1-2H3. The molecule has 3 rings (SSSR count). The number of benzene rings is 1. The molecule has 1 aromatic rings. The van der Waals surface area contributed by atoms with Crippen molar-refractivity contribution in [3.63, 3.8) is 0 Å². The van der Waals surface area contributed by atoms with Crippen molar-refractivity contribution in [2.45, 2.75) is 63.6 Å². The van der Waals surface area contributed by atoms with E-state index in [1.54, 1.807) is 0 Å². The van der Waals surface area contributed by atoms with Gasteiger partial charge in [0.25, 0.3) is 0 Å². The van der Waals surface area contributed by atoms with Crippen LogP contribution in [0.1, 0.15) is 50.7 Å². The van der Waals surface area contributed by atoms with E-state index in [1.165, 1.54) is 11.1 Å². The molecule has 3 nitrogen and oxygen atoms in total. The van der Waals surface area contributed by atoms with E-state index in [0.29, 0.717) is 6.61 Å². The number of aliphatic hydroxyl groups is 1. The molecule has 116 valence electrons. The lowest BCUT2D eigenvalue weighted by atomic mass is 9.78. The maximum Gasteiger partial charge on any atom is 0.122 e. The van der Waals surface area contributed by atoms with Crippen molar-refractivity contribution in [1.82, 2.24) is 0 Å². The summed E-state index contributed by atoms with van der Waals surface area (Å²) in [6, 6.07) is 6.44. The average molecular weight is 290 g/mol. The molecule has 0 spiro atoms. The van der Waals surface area contributed by atoms with Crippen LogP contribution in [-0.4, -0.2) is 29.5 Å². The molecule has 2 aliphatic rings. The van der Waals surface area contributed by atoms with Crippen LogP contribution in [0.15, 0.2) is 18.2 Å². The molecule has 2 atom stereocenters. The molecule has 0 aliphatic carbocycles. The third-order valence-electron chi connectivity index (χ3n) is 5.10. The molecular formula is C18H26O3. The summed E-state index contributed by atoms with van der Waals surface area (Å²) < 4.78 is 11.4. The Kier molecular flexibility index (Phi) is 3.98. The molecule has 1 fully saturated rings. The zero-order valence-corrected chi connectivity index (χ0v) is 13.2. The molecule has 1 saturated heterocycles. The highest BCUT2D eigenvalue weighted by Gasteiger charge is 2.40. The lowest BCUT2D eigenvalue weighted by Gasteiger charge is -2.43. The highest BCUT2D eigenvalue weighted by atomic mass is 16.5. The summed E-state index contributed by atoms with van der Waals surface area (Å²) in [6.45, 7) is 5.71. The van der Waals surface area contributed by atoms with Gasteiger partial charge in [0.1, 0.15) is 5.75 Å². The zero-order valence-electron chi connectivity index (χ0n) is 13.2. The number of ether oxygens (including phenoxy) is 2. The van der Waals surface area contributed by atoms with Gasteiger partial charge in [0.2, 0.25) is 0 Å². The van der Waals surface area contributed by atoms with Crippen LogP contribution >= 0.6 is 0 Å². The van der Waals surface area contributed by atoms with Crippen LogP contribution in [0.2, 0.25) is 0 Å². The van der Waals surface area contributed by atoms with E-state index < -0.39 is 5.60 Å². The quantitative estimate of drug-likeness (QED) is 0.925. The fraction of sp³-hybridized carbons (Fsp3) is 0.667. The van der Waals surface area contributed by atoms with Gasteiger partial charge in [-0.3, -0.25) is 0 Å². The minimum atomic E-state index is -0.585. The average Bonchev–Trinajstić information content (AvgIpc) is 2.92. The Labute approximate surface area is 127 Å². The van der Waals surface area contributed by atoms with Gasteiger partial charge in [0.05, 0.1) is 24.4 Å². The molecule has 2 aliphatic heterocycles. The van der Waals surface area contributed by atoms with Gasteiger partial charge >= 0.3 is 0 Å². The third kappa shape index (κ3) is 3.24. The third-order valence-corrected chi connectivity index (χ3v) is 5.10. The molecule has 0 aromatic heterocycles. The number of fused-ring (bicyclic) bond motifs is 1. The van der Waals surface area contributed by atoms with Crippen LogP contribution in [0.3, 0.4) is 0 Å². The van der Waals surface area contributed by atoms with Crippen molar-refractivity contribution in [3.8, 4) is 5.75 Å². The molecule has 0 saturated carbocycles. The van der Waals surface area contributed by atoms with Gasteiger partial charge in [0, 0.05) is 12.8 Å². The summed E-state index contributed by atoms with van der Waals surface area (Å²) in [5.74, 6) is 1.03. The van der Waals surface area contributed by atoms with Crippen LogP contribution in [0.5, 0.6) is 5.75 Å². The predicted molar refractivity (Wildman–Crippen MR) is 82.8 cm³/mol. The number of hydrogen-bond acceptors (Lipinski definition) is 3. The molecule has 1 aromatic carbocycles. The van der Waals surface area contributed by atoms with Crippen LogP contribution in [0.25, 0.3) is 0 Å². The summed E-state index contributed by atoms with van der Waals surface area (Å²) in [7, 11) is 0. The molecule has 0 bridgehead atoms. The smallest absolute Gasteiger partial charge is 0.122 e. The minimum Gasteiger partial charge on any atom is -0.493 e. The van der Waals surface area contributed by atoms with Gasteiger partial charge in [0.15, 0.2) is 0 Å². The van der Waals surface area contributed by atoms with Gasteiger partial charge in [-0.1, -0.05) is 19.1 Å². The minimum absolute atomic E-state index is 0.168. The molecule has 0 amide bonds.